The summed E-state index contributed by atoms with van der Waals surface area (Å²) < 4.78 is 15.5. The number of benzene rings is 1. The molecule has 3 nitrogen and oxygen atoms in total. The van der Waals surface area contributed by atoms with Gasteiger partial charge in [0.25, 0.3) is 0 Å². The van der Waals surface area contributed by atoms with Crippen LogP contribution >= 0.6 is 12.2 Å². The molecule has 102 valence electrons. The summed E-state index contributed by atoms with van der Waals surface area (Å²) in [6.07, 6.45) is 0.789. The number of rotatable bonds is 3. The number of hydrogen-bond acceptors (Lipinski definition) is 2. The van der Waals surface area contributed by atoms with Crippen molar-refractivity contribution in [2.75, 3.05) is 0 Å². The summed E-state index contributed by atoms with van der Waals surface area (Å²) in [5, 5.41) is 0. The van der Waals surface area contributed by atoms with Crippen molar-refractivity contribution in [3.8, 4) is 0 Å². The minimum atomic E-state index is -0.213. The Bertz CT molecular complexity index is 802. The number of imidazole rings is 1. The molecule has 1 N–H and O–H groups in total. The van der Waals surface area contributed by atoms with E-state index in [1.54, 1.807) is 12.1 Å². The number of aromatic amines is 1. The van der Waals surface area contributed by atoms with Crippen LogP contribution in [0.15, 0.2) is 36.4 Å². The summed E-state index contributed by atoms with van der Waals surface area (Å²) >= 11 is 5.34. The average Bonchev–Trinajstić information content (AvgIpc) is 2.73. The Kier molecular flexibility index (Phi) is 3.36. The lowest BCUT2D eigenvalue weighted by molar-refractivity contribution is 0.625. The third kappa shape index (κ3) is 2.49. The zero-order chi connectivity index (χ0) is 14.1. The quantitative estimate of drug-likeness (QED) is 0.744. The van der Waals surface area contributed by atoms with Gasteiger partial charge in [0, 0.05) is 12.2 Å². The first-order valence-electron chi connectivity index (χ1n) is 6.44. The molecule has 0 aliphatic rings. The van der Waals surface area contributed by atoms with Crippen LogP contribution < -0.4 is 0 Å². The van der Waals surface area contributed by atoms with E-state index in [0.717, 1.165) is 35.4 Å². The predicted octanol–water partition coefficient (Wildman–Crippen LogP) is 3.78. The van der Waals surface area contributed by atoms with Crippen molar-refractivity contribution in [3.05, 3.63) is 58.2 Å². The van der Waals surface area contributed by atoms with Gasteiger partial charge in [-0.3, -0.25) is 0 Å². The molecule has 0 amide bonds. The molecular weight excluding hydrogens is 273 g/mol. The maximum absolute atomic E-state index is 12.9. The highest BCUT2D eigenvalue weighted by atomic mass is 32.1. The Morgan fingerprint density at radius 2 is 1.95 bits per heavy atom. The maximum atomic E-state index is 12.9. The van der Waals surface area contributed by atoms with Gasteiger partial charge in [0.05, 0.1) is 5.52 Å². The van der Waals surface area contributed by atoms with Crippen molar-refractivity contribution in [1.29, 1.82) is 0 Å². The first-order valence-corrected chi connectivity index (χ1v) is 6.85. The number of fused-ring (bicyclic) bond motifs is 1. The van der Waals surface area contributed by atoms with Crippen LogP contribution in [-0.4, -0.2) is 14.5 Å². The van der Waals surface area contributed by atoms with Gasteiger partial charge in [-0.25, -0.2) is 9.37 Å². The summed E-state index contributed by atoms with van der Waals surface area (Å²) in [6.45, 7) is 2.68. The molecule has 0 unspecified atom stereocenters. The Labute approximate surface area is 121 Å². The predicted molar refractivity (Wildman–Crippen MR) is 79.8 cm³/mol. The van der Waals surface area contributed by atoms with Crippen molar-refractivity contribution in [1.82, 2.24) is 14.5 Å². The number of aryl methyl sites for hydroxylation is 3. The number of aromatic nitrogens is 3. The third-order valence-electron chi connectivity index (χ3n) is 3.29. The van der Waals surface area contributed by atoms with E-state index in [1.165, 1.54) is 12.1 Å². The molecule has 20 heavy (non-hydrogen) atoms. The van der Waals surface area contributed by atoms with Crippen molar-refractivity contribution in [3.63, 3.8) is 0 Å². The highest BCUT2D eigenvalue weighted by molar-refractivity contribution is 7.71. The second-order valence-corrected chi connectivity index (χ2v) is 5.17. The average molecular weight is 287 g/mol. The Morgan fingerprint density at radius 1 is 1.20 bits per heavy atom. The highest BCUT2D eigenvalue weighted by Gasteiger charge is 2.06. The monoisotopic (exact) mass is 287 g/mol. The number of H-pyrrole nitrogens is 1. The molecule has 0 spiro atoms. The molecule has 3 aromatic rings. The van der Waals surface area contributed by atoms with E-state index in [9.17, 15) is 4.39 Å². The van der Waals surface area contributed by atoms with Crippen LogP contribution in [-0.2, 0) is 13.0 Å². The smallest absolute Gasteiger partial charge is 0.179 e. The van der Waals surface area contributed by atoms with Crippen LogP contribution in [0.5, 0.6) is 0 Å². The Morgan fingerprint density at radius 3 is 2.70 bits per heavy atom. The standard InChI is InChI=1S/C15H14FN3S/c1-10-2-7-13-14(17-10)19(15(20)18-13)9-8-11-3-5-12(16)6-4-11/h2-7H,8-9H2,1H3,(H,18,20). The van der Waals surface area contributed by atoms with Crippen LogP contribution in [0.3, 0.4) is 0 Å². The van der Waals surface area contributed by atoms with Gasteiger partial charge in [-0.2, -0.15) is 0 Å². The van der Waals surface area contributed by atoms with Gasteiger partial charge in [-0.05, 0) is 55.4 Å². The molecular formula is C15H14FN3S. The fourth-order valence-electron chi connectivity index (χ4n) is 2.22. The lowest BCUT2D eigenvalue weighted by Gasteiger charge is -2.05. The number of nitrogens with zero attached hydrogens (tertiary/aromatic N) is 2. The van der Waals surface area contributed by atoms with E-state index >= 15 is 0 Å². The maximum Gasteiger partial charge on any atom is 0.179 e. The van der Waals surface area contributed by atoms with Gasteiger partial charge < -0.3 is 9.55 Å². The minimum absolute atomic E-state index is 0.213. The van der Waals surface area contributed by atoms with Crippen LogP contribution in [0.1, 0.15) is 11.3 Å². The van der Waals surface area contributed by atoms with E-state index in [0.29, 0.717) is 4.77 Å². The zero-order valence-corrected chi connectivity index (χ0v) is 11.9. The fraction of sp³-hybridized carbons (Fsp3) is 0.200. The molecule has 0 radical (unpaired) electrons. The van der Waals surface area contributed by atoms with Gasteiger partial charge in [0.2, 0.25) is 0 Å². The summed E-state index contributed by atoms with van der Waals surface area (Å²) in [6, 6.07) is 10.5. The first kappa shape index (κ1) is 13.0. The SMILES string of the molecule is Cc1ccc2[nH]c(=S)n(CCc3ccc(F)cc3)c2n1. The van der Waals surface area contributed by atoms with E-state index in [1.807, 2.05) is 23.6 Å². The van der Waals surface area contributed by atoms with Crippen molar-refractivity contribution in [2.24, 2.45) is 0 Å². The molecule has 2 heterocycles. The summed E-state index contributed by atoms with van der Waals surface area (Å²) in [5.74, 6) is -0.213. The molecule has 1 aromatic carbocycles. The van der Waals surface area contributed by atoms with E-state index in [4.69, 9.17) is 12.2 Å². The number of halogens is 1. The van der Waals surface area contributed by atoms with Crippen molar-refractivity contribution in [2.45, 2.75) is 19.9 Å². The normalized spacial score (nSPS) is 11.1. The van der Waals surface area contributed by atoms with Crippen molar-refractivity contribution >= 4 is 23.4 Å². The molecule has 0 fully saturated rings. The van der Waals surface area contributed by atoms with Gasteiger partial charge in [-0.15, -0.1) is 0 Å². The molecule has 0 bridgehead atoms. The van der Waals surface area contributed by atoms with Crippen LogP contribution in [0, 0.1) is 17.5 Å². The second-order valence-electron chi connectivity index (χ2n) is 4.78. The van der Waals surface area contributed by atoms with Gasteiger partial charge in [-0.1, -0.05) is 12.1 Å². The number of pyridine rings is 1. The van der Waals surface area contributed by atoms with Crippen LogP contribution in [0.25, 0.3) is 11.2 Å². The lowest BCUT2D eigenvalue weighted by Crippen LogP contribution is -2.03. The summed E-state index contributed by atoms with van der Waals surface area (Å²) in [7, 11) is 0. The summed E-state index contributed by atoms with van der Waals surface area (Å²) in [4.78, 5) is 7.68. The fourth-order valence-corrected chi connectivity index (χ4v) is 2.51. The third-order valence-corrected chi connectivity index (χ3v) is 3.62. The molecule has 3 rings (SSSR count). The minimum Gasteiger partial charge on any atom is -0.329 e. The molecule has 0 atom stereocenters. The van der Waals surface area contributed by atoms with Crippen LogP contribution in [0.4, 0.5) is 4.39 Å². The number of nitrogens with one attached hydrogen (secondary N) is 1. The molecule has 0 aliphatic carbocycles. The molecule has 5 heteroatoms. The molecule has 2 aromatic heterocycles. The van der Waals surface area contributed by atoms with Crippen LogP contribution in [0.2, 0.25) is 0 Å². The molecule has 0 aliphatic heterocycles. The van der Waals surface area contributed by atoms with Crippen molar-refractivity contribution < 1.29 is 4.39 Å². The highest BCUT2D eigenvalue weighted by Crippen LogP contribution is 2.14. The second kappa shape index (κ2) is 5.17. The topological polar surface area (TPSA) is 33.6 Å². The van der Waals surface area contributed by atoms with E-state index in [-0.39, 0.29) is 5.82 Å². The lowest BCUT2D eigenvalue weighted by atomic mass is 10.1. The first-order chi connectivity index (χ1) is 9.63. The molecule has 0 saturated heterocycles. The Hall–Kier alpha value is -2.01. The largest absolute Gasteiger partial charge is 0.329 e. The molecule has 0 saturated carbocycles. The van der Waals surface area contributed by atoms with Gasteiger partial charge >= 0.3 is 0 Å². The zero-order valence-electron chi connectivity index (χ0n) is 11.1. The van der Waals surface area contributed by atoms with E-state index < -0.39 is 0 Å². The van der Waals surface area contributed by atoms with Gasteiger partial charge in [0.15, 0.2) is 10.4 Å². The summed E-state index contributed by atoms with van der Waals surface area (Å²) in [5.41, 5.74) is 3.86. The Balaban J connectivity index is 1.90. The number of hydrogen-bond donors (Lipinski definition) is 1. The van der Waals surface area contributed by atoms with Gasteiger partial charge in [0.1, 0.15) is 5.82 Å². The van der Waals surface area contributed by atoms with E-state index in [2.05, 4.69) is 9.97 Å².